The number of carbonyl (C=O) groups excluding carboxylic acids is 1. The van der Waals surface area contributed by atoms with E-state index in [0.717, 1.165) is 35.6 Å². The summed E-state index contributed by atoms with van der Waals surface area (Å²) in [6, 6.07) is 29.3. The number of imidazole rings is 1. The summed E-state index contributed by atoms with van der Waals surface area (Å²) in [5.74, 6) is 2.25. The van der Waals surface area contributed by atoms with Crippen LogP contribution in [0.4, 0.5) is 0 Å². The van der Waals surface area contributed by atoms with Gasteiger partial charge in [0.15, 0.2) is 0 Å². The predicted octanol–water partition coefficient (Wildman–Crippen LogP) is 6.16. The number of hydrogen-bond donors (Lipinski definition) is 1. The number of hydrogen-bond acceptors (Lipinski definition) is 4. The minimum atomic E-state index is -0.270. The molecule has 1 amide bonds. The molecule has 4 aromatic carbocycles. The standard InChI is InChI=1S/C30H29N3O3/c1-21(31-30(34)23-13-15-25(35-2)16-14-23)29-32-27-10-5-6-11-28(27)33(29)18-7-19-36-26-17-12-22-8-3-4-9-24(22)20-26/h3-6,8-17,20-21H,7,18-19H2,1-2H3,(H,31,34). The maximum absolute atomic E-state index is 12.9. The highest BCUT2D eigenvalue weighted by Crippen LogP contribution is 2.23. The van der Waals surface area contributed by atoms with Crippen LogP contribution in [0.2, 0.25) is 0 Å². The van der Waals surface area contributed by atoms with Crippen LogP contribution >= 0.6 is 0 Å². The summed E-state index contributed by atoms with van der Waals surface area (Å²) in [7, 11) is 1.61. The van der Waals surface area contributed by atoms with Crippen molar-refractivity contribution in [2.24, 2.45) is 0 Å². The van der Waals surface area contributed by atoms with Gasteiger partial charge in [-0.15, -0.1) is 0 Å². The van der Waals surface area contributed by atoms with Gasteiger partial charge < -0.3 is 19.4 Å². The fourth-order valence-corrected chi connectivity index (χ4v) is 4.42. The Labute approximate surface area is 210 Å². The van der Waals surface area contributed by atoms with Gasteiger partial charge >= 0.3 is 0 Å². The molecule has 0 spiro atoms. The zero-order valence-electron chi connectivity index (χ0n) is 20.5. The molecule has 0 radical (unpaired) electrons. The summed E-state index contributed by atoms with van der Waals surface area (Å²) in [6.45, 7) is 3.27. The van der Waals surface area contributed by atoms with Crippen molar-refractivity contribution in [3.63, 3.8) is 0 Å². The van der Waals surface area contributed by atoms with E-state index in [2.05, 4.69) is 40.2 Å². The van der Waals surface area contributed by atoms with Crippen molar-refractivity contribution < 1.29 is 14.3 Å². The molecule has 0 fully saturated rings. The third-order valence-corrected chi connectivity index (χ3v) is 6.29. The van der Waals surface area contributed by atoms with Gasteiger partial charge in [0.05, 0.1) is 30.8 Å². The highest BCUT2D eigenvalue weighted by molar-refractivity contribution is 5.94. The first kappa shape index (κ1) is 23.4. The average molecular weight is 480 g/mol. The van der Waals surface area contributed by atoms with Gasteiger partial charge in [-0.1, -0.05) is 42.5 Å². The summed E-state index contributed by atoms with van der Waals surface area (Å²) < 4.78 is 13.4. The molecule has 6 heteroatoms. The number of rotatable bonds is 9. The molecule has 5 aromatic rings. The van der Waals surface area contributed by atoms with Crippen LogP contribution in [0.5, 0.6) is 11.5 Å². The lowest BCUT2D eigenvalue weighted by molar-refractivity contribution is 0.0937. The normalized spacial score (nSPS) is 11.9. The number of methoxy groups -OCH3 is 1. The number of aryl methyl sites for hydroxylation is 1. The minimum absolute atomic E-state index is 0.150. The predicted molar refractivity (Wildman–Crippen MR) is 143 cm³/mol. The zero-order chi connectivity index (χ0) is 24.9. The molecule has 1 unspecified atom stereocenters. The average Bonchev–Trinajstić information content (AvgIpc) is 3.29. The lowest BCUT2D eigenvalue weighted by Gasteiger charge is -2.17. The first-order valence-electron chi connectivity index (χ1n) is 12.1. The van der Waals surface area contributed by atoms with Gasteiger partial charge in [-0.05, 0) is 72.6 Å². The maximum atomic E-state index is 12.9. The van der Waals surface area contributed by atoms with E-state index < -0.39 is 0 Å². The zero-order valence-corrected chi connectivity index (χ0v) is 20.5. The molecule has 0 aliphatic carbocycles. The molecular weight excluding hydrogens is 450 g/mol. The summed E-state index contributed by atoms with van der Waals surface area (Å²) in [6.07, 6.45) is 0.805. The molecule has 0 saturated carbocycles. The summed E-state index contributed by atoms with van der Waals surface area (Å²) in [5, 5.41) is 5.46. The molecular formula is C30H29N3O3. The van der Waals surface area contributed by atoms with Crippen LogP contribution in [0.25, 0.3) is 21.8 Å². The van der Waals surface area contributed by atoms with Gasteiger partial charge in [-0.3, -0.25) is 4.79 Å². The molecule has 0 bridgehead atoms. The van der Waals surface area contributed by atoms with Crippen LogP contribution in [0, 0.1) is 0 Å². The van der Waals surface area contributed by atoms with Crippen molar-refractivity contribution in [2.45, 2.75) is 25.9 Å². The second kappa shape index (κ2) is 10.5. The number of carbonyl (C=O) groups is 1. The third kappa shape index (κ3) is 5.03. The molecule has 1 N–H and O–H groups in total. The van der Waals surface area contributed by atoms with E-state index in [-0.39, 0.29) is 11.9 Å². The first-order chi connectivity index (χ1) is 17.6. The lowest BCUT2D eigenvalue weighted by atomic mass is 10.1. The number of aromatic nitrogens is 2. The Bertz CT molecular complexity index is 1490. The van der Waals surface area contributed by atoms with Crippen LogP contribution in [0.3, 0.4) is 0 Å². The van der Waals surface area contributed by atoms with Gasteiger partial charge in [-0.2, -0.15) is 0 Å². The Hall–Kier alpha value is -4.32. The van der Waals surface area contributed by atoms with Crippen molar-refractivity contribution in [1.29, 1.82) is 0 Å². The van der Waals surface area contributed by atoms with Gasteiger partial charge in [-0.25, -0.2) is 4.98 Å². The molecule has 36 heavy (non-hydrogen) atoms. The summed E-state index contributed by atoms with van der Waals surface area (Å²) >= 11 is 0. The second-order valence-electron chi connectivity index (χ2n) is 8.74. The molecule has 6 nitrogen and oxygen atoms in total. The maximum Gasteiger partial charge on any atom is 0.251 e. The number of fused-ring (bicyclic) bond motifs is 2. The number of para-hydroxylation sites is 2. The molecule has 0 aliphatic rings. The van der Waals surface area contributed by atoms with Gasteiger partial charge in [0.25, 0.3) is 5.91 Å². The van der Waals surface area contributed by atoms with Crippen LogP contribution in [-0.4, -0.2) is 29.2 Å². The minimum Gasteiger partial charge on any atom is -0.497 e. The summed E-state index contributed by atoms with van der Waals surface area (Å²) in [5.41, 5.74) is 2.53. The molecule has 182 valence electrons. The van der Waals surface area contributed by atoms with Crippen LogP contribution in [0.1, 0.15) is 35.6 Å². The molecule has 1 heterocycles. The van der Waals surface area contributed by atoms with E-state index in [9.17, 15) is 4.79 Å². The van der Waals surface area contributed by atoms with E-state index in [4.69, 9.17) is 14.5 Å². The van der Waals surface area contributed by atoms with Crippen LogP contribution in [-0.2, 0) is 6.54 Å². The Morgan fingerprint density at radius 1 is 0.917 bits per heavy atom. The first-order valence-corrected chi connectivity index (χ1v) is 12.1. The Kier molecular flexibility index (Phi) is 6.85. The fourth-order valence-electron chi connectivity index (χ4n) is 4.42. The van der Waals surface area contributed by atoms with E-state index in [1.807, 2.05) is 43.3 Å². The summed E-state index contributed by atoms with van der Waals surface area (Å²) in [4.78, 5) is 17.7. The molecule has 1 aromatic heterocycles. The highest BCUT2D eigenvalue weighted by Gasteiger charge is 2.19. The lowest BCUT2D eigenvalue weighted by Crippen LogP contribution is -2.28. The molecule has 0 saturated heterocycles. The van der Waals surface area contributed by atoms with E-state index >= 15 is 0 Å². The third-order valence-electron chi connectivity index (χ3n) is 6.29. The number of nitrogens with one attached hydrogen (secondary N) is 1. The second-order valence-corrected chi connectivity index (χ2v) is 8.74. The number of benzene rings is 4. The Balaban J connectivity index is 1.28. The highest BCUT2D eigenvalue weighted by atomic mass is 16.5. The van der Waals surface area contributed by atoms with Gasteiger partial charge in [0.1, 0.15) is 17.3 Å². The van der Waals surface area contributed by atoms with E-state index in [1.54, 1.807) is 31.4 Å². The van der Waals surface area contributed by atoms with Crippen LogP contribution < -0.4 is 14.8 Å². The quantitative estimate of drug-likeness (QED) is 0.257. The van der Waals surface area contributed by atoms with Crippen molar-refractivity contribution in [1.82, 2.24) is 14.9 Å². The van der Waals surface area contributed by atoms with Crippen molar-refractivity contribution in [3.8, 4) is 11.5 Å². The SMILES string of the molecule is COc1ccc(C(=O)NC(C)c2nc3ccccc3n2CCCOc2ccc3ccccc3c2)cc1. The van der Waals surface area contributed by atoms with Gasteiger partial charge in [0, 0.05) is 12.1 Å². The number of nitrogens with zero attached hydrogens (tertiary/aromatic N) is 2. The molecule has 0 aliphatic heterocycles. The van der Waals surface area contributed by atoms with E-state index in [1.165, 1.54) is 10.8 Å². The molecule has 1 atom stereocenters. The molecule has 5 rings (SSSR count). The largest absolute Gasteiger partial charge is 0.497 e. The number of amides is 1. The fraction of sp³-hybridized carbons (Fsp3) is 0.200. The van der Waals surface area contributed by atoms with Crippen molar-refractivity contribution in [3.05, 3.63) is 102 Å². The van der Waals surface area contributed by atoms with Crippen molar-refractivity contribution >= 4 is 27.7 Å². The smallest absolute Gasteiger partial charge is 0.251 e. The van der Waals surface area contributed by atoms with Crippen LogP contribution in [0.15, 0.2) is 91.0 Å². The van der Waals surface area contributed by atoms with Gasteiger partial charge in [0.2, 0.25) is 0 Å². The Morgan fingerprint density at radius 2 is 1.64 bits per heavy atom. The van der Waals surface area contributed by atoms with Crippen molar-refractivity contribution in [2.75, 3.05) is 13.7 Å². The Morgan fingerprint density at radius 3 is 2.44 bits per heavy atom. The number of ether oxygens (including phenoxy) is 2. The topological polar surface area (TPSA) is 65.4 Å². The van der Waals surface area contributed by atoms with E-state index in [0.29, 0.717) is 17.9 Å². The monoisotopic (exact) mass is 479 g/mol.